The number of rotatable bonds is 26. The van der Waals surface area contributed by atoms with Crippen LogP contribution in [0.2, 0.25) is 0 Å². The molecule has 406 valence electrons. The molecule has 7 aromatic rings. The van der Waals surface area contributed by atoms with Crippen molar-refractivity contribution in [2.75, 3.05) is 79.3 Å². The molecule has 15 nitrogen and oxygen atoms in total. The minimum Gasteiger partial charge on any atom is -0.491 e. The van der Waals surface area contributed by atoms with E-state index in [-0.39, 0.29) is 42.0 Å². The van der Waals surface area contributed by atoms with Crippen molar-refractivity contribution < 1.29 is 71.1 Å². The zero-order valence-corrected chi connectivity index (χ0v) is 43.7. The highest BCUT2D eigenvalue weighted by Gasteiger charge is 2.28. The number of hydrogen-bond donors (Lipinski definition) is 0. The molecule has 6 aliphatic heterocycles. The summed E-state index contributed by atoms with van der Waals surface area (Å²) in [7, 11) is 0. The molecule has 0 aliphatic carbocycles. The lowest BCUT2D eigenvalue weighted by atomic mass is 9.78. The zero-order valence-electron chi connectivity index (χ0n) is 43.7. The van der Waals surface area contributed by atoms with Gasteiger partial charge in [-0.15, -0.1) is 0 Å². The first-order valence-corrected chi connectivity index (χ1v) is 26.5. The molecular formula is C63H64O15. The fourth-order valence-corrected chi connectivity index (χ4v) is 7.62. The second-order valence-corrected chi connectivity index (χ2v) is 19.9. The minimum absolute atomic E-state index is 0.0870. The predicted molar refractivity (Wildman–Crippen MR) is 289 cm³/mol. The molecule has 78 heavy (non-hydrogen) atoms. The highest BCUT2D eigenvalue weighted by atomic mass is 16.6. The van der Waals surface area contributed by atoms with Gasteiger partial charge in [-0.25, -0.2) is 0 Å². The summed E-state index contributed by atoms with van der Waals surface area (Å²) in [6, 6.07) is 54.4. The maximum atomic E-state index is 5.88. The van der Waals surface area contributed by atoms with Gasteiger partial charge in [0.05, 0.1) is 39.6 Å². The summed E-state index contributed by atoms with van der Waals surface area (Å²) in [6.07, 6.45) is 1.58. The molecule has 0 spiro atoms. The van der Waals surface area contributed by atoms with E-state index in [1.165, 1.54) is 11.1 Å². The van der Waals surface area contributed by atoms with E-state index in [1.807, 2.05) is 146 Å². The van der Waals surface area contributed by atoms with Crippen LogP contribution in [0.3, 0.4) is 0 Å². The van der Waals surface area contributed by atoms with Gasteiger partial charge in [0.15, 0.2) is 0 Å². The van der Waals surface area contributed by atoms with Crippen LogP contribution in [0.1, 0.15) is 25.0 Å². The molecule has 0 radical (unpaired) electrons. The summed E-state index contributed by atoms with van der Waals surface area (Å²) in [6.45, 7) is 12.9. The van der Waals surface area contributed by atoms with E-state index < -0.39 is 0 Å². The van der Waals surface area contributed by atoms with Gasteiger partial charge >= 0.3 is 0 Å². The van der Waals surface area contributed by atoms with Crippen LogP contribution in [0.5, 0.6) is 69.0 Å². The van der Waals surface area contributed by atoms with Crippen molar-refractivity contribution in [2.24, 2.45) is 0 Å². The summed E-state index contributed by atoms with van der Waals surface area (Å²) in [4.78, 5) is 0. The lowest BCUT2D eigenvalue weighted by molar-refractivity contribution is 0.262. The predicted octanol–water partition coefficient (Wildman–Crippen LogP) is 11.4. The third-order valence-electron chi connectivity index (χ3n) is 13.0. The summed E-state index contributed by atoms with van der Waals surface area (Å²) >= 11 is 0. The molecule has 13 rings (SSSR count). The number of epoxide rings is 6. The minimum atomic E-state index is -0.0870. The van der Waals surface area contributed by atoms with Crippen molar-refractivity contribution in [3.63, 3.8) is 0 Å². The van der Waals surface area contributed by atoms with Crippen molar-refractivity contribution in [2.45, 2.75) is 55.9 Å². The molecule has 0 bridgehead atoms. The maximum Gasteiger partial charge on any atom is 0.127 e. The van der Waals surface area contributed by atoms with Crippen molar-refractivity contribution in [3.8, 4) is 69.0 Å². The van der Waals surface area contributed by atoms with E-state index in [0.717, 1.165) is 109 Å². The van der Waals surface area contributed by atoms with E-state index in [4.69, 9.17) is 71.1 Å². The highest BCUT2D eigenvalue weighted by Crippen LogP contribution is 2.35. The van der Waals surface area contributed by atoms with Crippen LogP contribution in [0, 0.1) is 0 Å². The van der Waals surface area contributed by atoms with Crippen LogP contribution in [0.15, 0.2) is 170 Å². The third kappa shape index (κ3) is 17.3. The van der Waals surface area contributed by atoms with Crippen LogP contribution in [0.4, 0.5) is 0 Å². The van der Waals surface area contributed by atoms with E-state index in [1.54, 1.807) is 0 Å². The molecule has 15 heteroatoms. The smallest absolute Gasteiger partial charge is 0.127 e. The Kier molecular flexibility index (Phi) is 17.1. The van der Waals surface area contributed by atoms with Crippen LogP contribution in [-0.2, 0) is 33.8 Å². The highest BCUT2D eigenvalue weighted by molar-refractivity contribution is 5.43. The van der Waals surface area contributed by atoms with Gasteiger partial charge in [0.2, 0.25) is 0 Å². The summed E-state index contributed by atoms with van der Waals surface area (Å²) in [5, 5.41) is 0. The SMILES string of the molecule is CC(C)(c1ccc(OCC2CO2)cc1)c1ccc(OCC2CO2)cc1.c1cc(Oc2ccc(OCC3CO3)cc2)ccc1OCC1CO1.c1cc(Oc2ccc(Oc3ccc(OCC4CO4)cc3)cc2)ccc1OCC1CO1. The zero-order chi connectivity index (χ0) is 52.9. The Labute approximate surface area is 454 Å². The number of hydrogen-bond acceptors (Lipinski definition) is 15. The Hall–Kier alpha value is -7.50. The lowest BCUT2D eigenvalue weighted by Gasteiger charge is -2.26. The molecule has 0 amide bonds. The molecule has 6 saturated heterocycles. The van der Waals surface area contributed by atoms with Gasteiger partial charge in [-0.2, -0.15) is 0 Å². The van der Waals surface area contributed by atoms with Crippen molar-refractivity contribution in [1.82, 2.24) is 0 Å². The lowest BCUT2D eigenvalue weighted by Crippen LogP contribution is -2.18. The molecule has 0 N–H and O–H groups in total. The van der Waals surface area contributed by atoms with Gasteiger partial charge in [0, 0.05) is 5.41 Å². The summed E-state index contributed by atoms with van der Waals surface area (Å²) in [5.41, 5.74) is 2.42. The van der Waals surface area contributed by atoms with Crippen LogP contribution < -0.4 is 42.6 Å². The van der Waals surface area contributed by atoms with E-state index in [0.29, 0.717) is 39.6 Å². The molecule has 6 heterocycles. The van der Waals surface area contributed by atoms with E-state index in [2.05, 4.69) is 38.1 Å². The van der Waals surface area contributed by atoms with E-state index in [9.17, 15) is 0 Å². The second-order valence-electron chi connectivity index (χ2n) is 19.9. The third-order valence-corrected chi connectivity index (χ3v) is 13.0. The van der Waals surface area contributed by atoms with Gasteiger partial charge in [-0.05, 0) is 157 Å². The quantitative estimate of drug-likeness (QED) is 0.0471. The van der Waals surface area contributed by atoms with Crippen molar-refractivity contribution in [1.29, 1.82) is 0 Å². The fourth-order valence-electron chi connectivity index (χ4n) is 7.62. The summed E-state index contributed by atoms with van der Waals surface area (Å²) in [5.74, 6) is 9.50. The molecule has 6 aliphatic rings. The fraction of sp³-hybridized carbons (Fsp3) is 0.333. The number of ether oxygens (including phenoxy) is 15. The first-order chi connectivity index (χ1) is 38.3. The van der Waals surface area contributed by atoms with Gasteiger partial charge < -0.3 is 71.1 Å². The Balaban J connectivity index is 0.000000125. The first-order valence-electron chi connectivity index (χ1n) is 26.5. The van der Waals surface area contributed by atoms with Gasteiger partial charge in [-0.3, -0.25) is 0 Å². The van der Waals surface area contributed by atoms with Crippen molar-refractivity contribution >= 4 is 0 Å². The Bertz CT molecular complexity index is 2710. The van der Waals surface area contributed by atoms with Gasteiger partial charge in [0.25, 0.3) is 0 Å². The largest absolute Gasteiger partial charge is 0.491 e. The monoisotopic (exact) mass is 1060 g/mol. The first kappa shape index (κ1) is 52.5. The molecule has 6 atom stereocenters. The topological polar surface area (TPSA) is 158 Å². The second kappa shape index (κ2) is 25.3. The Morgan fingerprint density at radius 2 is 0.397 bits per heavy atom. The normalized spacial score (nSPS) is 20.6. The van der Waals surface area contributed by atoms with Crippen LogP contribution >= 0.6 is 0 Å². The molecule has 7 aromatic carbocycles. The maximum absolute atomic E-state index is 5.88. The molecule has 0 aromatic heterocycles. The van der Waals surface area contributed by atoms with Gasteiger partial charge in [0.1, 0.15) is 145 Å². The molecule has 6 fully saturated rings. The van der Waals surface area contributed by atoms with Gasteiger partial charge in [-0.1, -0.05) is 38.1 Å². The Morgan fingerprint density at radius 1 is 0.256 bits per heavy atom. The van der Waals surface area contributed by atoms with Crippen LogP contribution in [0.25, 0.3) is 0 Å². The van der Waals surface area contributed by atoms with E-state index >= 15 is 0 Å². The average Bonchev–Trinajstić information content (AvgIpc) is 4.26. The number of benzene rings is 7. The summed E-state index contributed by atoms with van der Waals surface area (Å²) < 4.78 is 82.3. The van der Waals surface area contributed by atoms with Crippen molar-refractivity contribution in [3.05, 3.63) is 181 Å². The standard InChI is InChI=1S/C24H22O6.C21H24O4.C18H18O5/c1-5-19(6-2-17(1)25-13-23-15-27-23)29-21-9-11-22(12-10-21)30-20-7-3-18(4-8-20)26-14-24-16-28-24;1-21(2,15-3-7-17(8-4-15)22-11-19-13-24-19)16-5-9-18(10-6-16)23-12-20-14-25-20;1-5-15(6-2-13(1)19-9-17-11-21-17)23-16-7-3-14(4-8-16)20-10-18-12-22-18/h1-12,23-24H,13-16H2;3-10,19-20H,11-14H2,1-2H3;1-8,17-18H,9-12H2. The molecule has 0 saturated carbocycles. The Morgan fingerprint density at radius 3 is 0.551 bits per heavy atom. The molecule has 6 unspecified atom stereocenters. The molecular weight excluding hydrogens is 997 g/mol. The van der Waals surface area contributed by atoms with Crippen LogP contribution in [-0.4, -0.2) is 116 Å². The average molecular weight is 1060 g/mol.